The minimum atomic E-state index is -3.51. The Labute approximate surface area is 161 Å². The van der Waals surface area contributed by atoms with Crippen LogP contribution >= 0.6 is 0 Å². The van der Waals surface area contributed by atoms with E-state index in [-0.39, 0.29) is 5.75 Å². The summed E-state index contributed by atoms with van der Waals surface area (Å²) in [6, 6.07) is 8.47. The summed E-state index contributed by atoms with van der Waals surface area (Å²) >= 11 is 0. The average molecular weight is 393 g/mol. The van der Waals surface area contributed by atoms with Gasteiger partial charge in [-0.15, -0.1) is 0 Å². The van der Waals surface area contributed by atoms with Crippen LogP contribution < -0.4 is 0 Å². The number of ether oxygens (including phenoxy) is 2. The number of hydrogen-bond acceptors (Lipinski definition) is 5. The summed E-state index contributed by atoms with van der Waals surface area (Å²) in [5.74, 6) is -0.982. The Bertz CT molecular complexity index is 867. The summed E-state index contributed by atoms with van der Waals surface area (Å²) in [6.07, 6.45) is 1.35. The lowest BCUT2D eigenvalue weighted by Crippen LogP contribution is -2.56. The van der Waals surface area contributed by atoms with Gasteiger partial charge in [-0.3, -0.25) is 0 Å². The predicted octanol–water partition coefficient (Wildman–Crippen LogP) is 3.69. The SMILES string of the molecule is CC1=C(CS(=O)(=O)c2ccccc2)C(C)(C)[C@]2(CC1)OC(C)(C)O[C@H]2C=O. The van der Waals surface area contributed by atoms with Crippen molar-refractivity contribution in [2.45, 2.75) is 69.8 Å². The van der Waals surface area contributed by atoms with Crippen molar-refractivity contribution in [1.29, 1.82) is 0 Å². The van der Waals surface area contributed by atoms with Gasteiger partial charge < -0.3 is 14.3 Å². The van der Waals surface area contributed by atoms with Gasteiger partial charge in [0.2, 0.25) is 0 Å². The van der Waals surface area contributed by atoms with E-state index in [9.17, 15) is 13.2 Å². The first-order valence-corrected chi connectivity index (χ1v) is 10.9. The molecule has 27 heavy (non-hydrogen) atoms. The molecule has 6 heteroatoms. The highest BCUT2D eigenvalue weighted by Crippen LogP contribution is 2.56. The van der Waals surface area contributed by atoms with Crippen molar-refractivity contribution in [3.8, 4) is 0 Å². The van der Waals surface area contributed by atoms with Crippen molar-refractivity contribution in [3.05, 3.63) is 41.5 Å². The first-order chi connectivity index (χ1) is 12.5. The smallest absolute Gasteiger partial charge is 0.182 e. The van der Waals surface area contributed by atoms with Crippen LogP contribution in [0, 0.1) is 5.41 Å². The molecule has 1 fully saturated rings. The highest BCUT2D eigenvalue weighted by molar-refractivity contribution is 7.91. The molecule has 2 aliphatic rings. The number of carbonyl (C=O) groups is 1. The van der Waals surface area contributed by atoms with Crippen LogP contribution in [-0.4, -0.2) is 37.9 Å². The third-order valence-electron chi connectivity index (χ3n) is 6.06. The Hall–Kier alpha value is -1.50. The number of sulfone groups is 1. The standard InChI is InChI=1S/C21H28O5S/c1-15-11-12-21(18(13-22)25-20(4,5)26-21)19(2,3)17(15)14-27(23,24)16-9-7-6-8-10-16/h6-10,13,18H,11-12,14H2,1-5H3/t18-,21+/m0/s1. The molecule has 0 N–H and O–H groups in total. The molecule has 0 radical (unpaired) electrons. The van der Waals surface area contributed by atoms with Gasteiger partial charge in [-0.2, -0.15) is 0 Å². The van der Waals surface area contributed by atoms with Crippen LogP contribution in [0.5, 0.6) is 0 Å². The quantitative estimate of drug-likeness (QED) is 0.577. The number of allylic oxidation sites excluding steroid dienone is 1. The molecule has 2 atom stereocenters. The Morgan fingerprint density at radius 2 is 1.78 bits per heavy atom. The molecule has 1 spiro atoms. The van der Waals surface area contributed by atoms with Crippen LogP contribution in [0.25, 0.3) is 0 Å². The van der Waals surface area contributed by atoms with E-state index in [1.165, 1.54) is 0 Å². The number of hydrogen-bond donors (Lipinski definition) is 0. The minimum Gasteiger partial charge on any atom is -0.340 e. The molecule has 148 valence electrons. The summed E-state index contributed by atoms with van der Waals surface area (Å²) < 4.78 is 38.3. The summed E-state index contributed by atoms with van der Waals surface area (Å²) in [4.78, 5) is 12.1. The molecule has 3 rings (SSSR count). The number of benzene rings is 1. The molecule has 0 bridgehead atoms. The Morgan fingerprint density at radius 1 is 1.15 bits per heavy atom. The predicted molar refractivity (Wildman–Crippen MR) is 103 cm³/mol. The Morgan fingerprint density at radius 3 is 2.37 bits per heavy atom. The highest BCUT2D eigenvalue weighted by atomic mass is 32.2. The number of aldehydes is 1. The van der Waals surface area contributed by atoms with Gasteiger partial charge in [-0.1, -0.05) is 37.6 Å². The molecule has 1 saturated heterocycles. The second-order valence-corrected chi connectivity index (χ2v) is 10.5. The van der Waals surface area contributed by atoms with Gasteiger partial charge in [-0.25, -0.2) is 8.42 Å². The maximum absolute atomic E-state index is 13.0. The lowest BCUT2D eigenvalue weighted by molar-refractivity contribution is -0.185. The molecular weight excluding hydrogens is 364 g/mol. The van der Waals surface area contributed by atoms with Crippen LogP contribution in [-0.2, 0) is 24.1 Å². The van der Waals surface area contributed by atoms with E-state index >= 15 is 0 Å². The molecule has 1 aliphatic heterocycles. The molecule has 1 aliphatic carbocycles. The molecule has 0 amide bonds. The molecule has 0 saturated carbocycles. The van der Waals surface area contributed by atoms with Crippen molar-refractivity contribution in [2.24, 2.45) is 5.41 Å². The van der Waals surface area contributed by atoms with Crippen LogP contribution in [0.4, 0.5) is 0 Å². The van der Waals surface area contributed by atoms with E-state index in [0.29, 0.717) is 17.7 Å². The molecular formula is C21H28O5S. The van der Waals surface area contributed by atoms with Crippen molar-refractivity contribution in [3.63, 3.8) is 0 Å². The van der Waals surface area contributed by atoms with Gasteiger partial charge in [-0.05, 0) is 51.3 Å². The summed E-state index contributed by atoms with van der Waals surface area (Å²) in [5, 5.41) is 0. The highest BCUT2D eigenvalue weighted by Gasteiger charge is 2.63. The van der Waals surface area contributed by atoms with Gasteiger partial charge in [0.1, 0.15) is 11.7 Å². The van der Waals surface area contributed by atoms with Crippen LogP contribution in [0.1, 0.15) is 47.5 Å². The zero-order valence-electron chi connectivity index (χ0n) is 16.6. The lowest BCUT2D eigenvalue weighted by atomic mass is 9.61. The molecule has 5 nitrogen and oxygen atoms in total. The molecule has 1 aromatic rings. The van der Waals surface area contributed by atoms with E-state index in [4.69, 9.17) is 9.47 Å². The first kappa shape index (κ1) is 20.2. The summed E-state index contributed by atoms with van der Waals surface area (Å²) in [5.41, 5.74) is 0.310. The molecule has 1 heterocycles. The van der Waals surface area contributed by atoms with Gasteiger partial charge in [0.25, 0.3) is 0 Å². The summed E-state index contributed by atoms with van der Waals surface area (Å²) in [6.45, 7) is 9.49. The normalized spacial score (nSPS) is 29.9. The topological polar surface area (TPSA) is 69.7 Å². The lowest BCUT2D eigenvalue weighted by Gasteiger charge is -2.50. The van der Waals surface area contributed by atoms with Gasteiger partial charge in [0.15, 0.2) is 21.9 Å². The van der Waals surface area contributed by atoms with Crippen molar-refractivity contribution >= 4 is 16.1 Å². The molecule has 0 aromatic heterocycles. The average Bonchev–Trinajstić information content (AvgIpc) is 2.88. The monoisotopic (exact) mass is 392 g/mol. The Kier molecular flexibility index (Phi) is 4.90. The number of rotatable bonds is 4. The fraction of sp³-hybridized carbons (Fsp3) is 0.571. The largest absolute Gasteiger partial charge is 0.340 e. The Balaban J connectivity index is 2.05. The fourth-order valence-electron chi connectivity index (χ4n) is 4.57. The van der Waals surface area contributed by atoms with E-state index in [0.717, 1.165) is 17.4 Å². The zero-order valence-corrected chi connectivity index (χ0v) is 17.4. The van der Waals surface area contributed by atoms with E-state index in [1.807, 2.05) is 20.8 Å². The fourth-order valence-corrected chi connectivity index (χ4v) is 6.29. The summed E-state index contributed by atoms with van der Waals surface area (Å²) in [7, 11) is -3.51. The maximum atomic E-state index is 13.0. The van der Waals surface area contributed by atoms with E-state index in [1.54, 1.807) is 44.2 Å². The van der Waals surface area contributed by atoms with Gasteiger partial charge in [0.05, 0.1) is 10.6 Å². The molecule has 0 unspecified atom stereocenters. The zero-order chi connectivity index (χ0) is 20.1. The second-order valence-electron chi connectivity index (χ2n) is 8.52. The van der Waals surface area contributed by atoms with E-state index in [2.05, 4.69) is 0 Å². The third kappa shape index (κ3) is 3.28. The minimum absolute atomic E-state index is 0.0903. The van der Waals surface area contributed by atoms with Crippen LogP contribution in [0.2, 0.25) is 0 Å². The van der Waals surface area contributed by atoms with E-state index < -0.39 is 32.7 Å². The van der Waals surface area contributed by atoms with Crippen LogP contribution in [0.15, 0.2) is 46.4 Å². The van der Waals surface area contributed by atoms with Gasteiger partial charge in [0, 0.05) is 5.41 Å². The van der Waals surface area contributed by atoms with Gasteiger partial charge >= 0.3 is 0 Å². The third-order valence-corrected chi connectivity index (χ3v) is 7.72. The maximum Gasteiger partial charge on any atom is 0.182 e. The number of carbonyl (C=O) groups excluding carboxylic acids is 1. The molecule has 1 aromatic carbocycles. The first-order valence-electron chi connectivity index (χ1n) is 9.25. The van der Waals surface area contributed by atoms with Crippen molar-refractivity contribution < 1.29 is 22.7 Å². The second kappa shape index (κ2) is 6.54. The van der Waals surface area contributed by atoms with Crippen molar-refractivity contribution in [1.82, 2.24) is 0 Å². The van der Waals surface area contributed by atoms with Crippen molar-refractivity contribution in [2.75, 3.05) is 5.75 Å². The van der Waals surface area contributed by atoms with Crippen LogP contribution in [0.3, 0.4) is 0 Å².